The van der Waals surface area contributed by atoms with Gasteiger partial charge in [0, 0.05) is 6.54 Å². The van der Waals surface area contributed by atoms with Gasteiger partial charge in [-0.05, 0) is 49.0 Å². The number of ketones is 1. The molecule has 0 radical (unpaired) electrons. The molecule has 2 unspecified atom stereocenters. The highest BCUT2D eigenvalue weighted by Gasteiger charge is 2.47. The lowest BCUT2D eigenvalue weighted by Gasteiger charge is -2.36. The molecule has 3 fully saturated rings. The quantitative estimate of drug-likeness (QED) is 0.194. The monoisotopic (exact) mass is 681 g/mol. The number of alkyl halides is 3. The van der Waals surface area contributed by atoms with Crippen LogP contribution in [0, 0.1) is 17.3 Å². The van der Waals surface area contributed by atoms with Gasteiger partial charge in [0.25, 0.3) is 5.91 Å². The third-order valence-electron chi connectivity index (χ3n) is 8.57. The Balaban J connectivity index is 0.000000789. The summed E-state index contributed by atoms with van der Waals surface area (Å²) in [4.78, 5) is 77.1. The van der Waals surface area contributed by atoms with Gasteiger partial charge < -0.3 is 31.3 Å². The van der Waals surface area contributed by atoms with Gasteiger partial charge in [-0.3, -0.25) is 24.0 Å². The van der Waals surface area contributed by atoms with Crippen LogP contribution in [0.1, 0.15) is 77.7 Å². The van der Waals surface area contributed by atoms with Crippen LogP contribution in [-0.2, 0) is 35.3 Å². The van der Waals surface area contributed by atoms with Gasteiger partial charge in [0.05, 0.1) is 12.0 Å². The van der Waals surface area contributed by atoms with E-state index in [2.05, 4.69) is 16.0 Å². The summed E-state index contributed by atoms with van der Waals surface area (Å²) in [6.45, 7) is 5.28. The Kier molecular flexibility index (Phi) is 13.4. The van der Waals surface area contributed by atoms with E-state index < -0.39 is 77.7 Å². The number of carbonyl (C=O) groups excluding carboxylic acids is 6. The highest BCUT2D eigenvalue weighted by Crippen LogP contribution is 2.43. The molecule has 5 N–H and O–H groups in total. The van der Waals surface area contributed by atoms with Crippen molar-refractivity contribution in [3.63, 3.8) is 0 Å². The third-order valence-corrected chi connectivity index (χ3v) is 8.57. The zero-order valence-corrected chi connectivity index (χ0v) is 27.6. The van der Waals surface area contributed by atoms with Crippen molar-refractivity contribution in [2.24, 2.45) is 23.0 Å². The number of halogens is 3. The molecule has 0 bridgehead atoms. The summed E-state index contributed by atoms with van der Waals surface area (Å²) in [5, 5.41) is 7.73. The number of amides is 5. The highest BCUT2D eigenvalue weighted by atomic mass is 19.4. The average molecular weight is 682 g/mol. The summed E-state index contributed by atoms with van der Waals surface area (Å²) in [6, 6.07) is 5.45. The smallest absolute Gasteiger partial charge is 0.391 e. The van der Waals surface area contributed by atoms with Crippen LogP contribution in [0.5, 0.6) is 0 Å². The van der Waals surface area contributed by atoms with Gasteiger partial charge in [-0.25, -0.2) is 4.79 Å². The fourth-order valence-corrected chi connectivity index (χ4v) is 5.38. The van der Waals surface area contributed by atoms with Crippen LogP contribution in [0.2, 0.25) is 0 Å². The van der Waals surface area contributed by atoms with Crippen LogP contribution < -0.4 is 21.7 Å². The number of rotatable bonds is 12. The zero-order chi connectivity index (χ0) is 35.6. The Labute approximate surface area is 278 Å². The largest absolute Gasteiger partial charge is 0.460 e. The molecule has 1 aromatic rings. The number of esters is 1. The molecule has 1 aromatic carbocycles. The van der Waals surface area contributed by atoms with Gasteiger partial charge in [0.1, 0.15) is 25.2 Å². The number of nitrogens with zero attached hydrogens (tertiary/aromatic N) is 1. The standard InChI is InChI=1S/C29H41N5O7.C4H5F3/c1-29(2,3)24(33-28(40)31-16-22(35)41-17-19-9-5-4-6-10-19)27(39)34-14-8-13-21(34)26(38)32-20(23(36)25(30)37)15-18-11-7-12-18;5-4(6,7)3-1-2-3/h4-6,9-10,18,20-21,24H,7-8,11-17H2,1-3H3,(H2,30,37)(H,32,38)(H2,31,33,40);3H,1-2H2/t20?,21-,24?;/m0./s1. The SMILES string of the molecule is CC(C)(C)C(NC(=O)NCC(=O)OCc1ccccc1)C(=O)N1CCC[C@H]1C(=O)NC(CC1CCC1)C(=O)C(N)=O.FC(F)(F)C1CC1. The minimum absolute atomic E-state index is 0.0665. The molecule has 48 heavy (non-hydrogen) atoms. The molecule has 1 saturated heterocycles. The summed E-state index contributed by atoms with van der Waals surface area (Å²) >= 11 is 0. The number of carbonyl (C=O) groups is 6. The maximum atomic E-state index is 13.7. The predicted octanol–water partition coefficient (Wildman–Crippen LogP) is 3.12. The van der Waals surface area contributed by atoms with Crippen molar-refractivity contribution in [3.8, 4) is 0 Å². The highest BCUT2D eigenvalue weighted by molar-refractivity contribution is 6.37. The Hall–Kier alpha value is -4.17. The summed E-state index contributed by atoms with van der Waals surface area (Å²) in [6.07, 6.45) is 0.925. The van der Waals surface area contributed by atoms with Gasteiger partial charge >= 0.3 is 18.2 Å². The van der Waals surface area contributed by atoms with E-state index in [9.17, 15) is 41.9 Å². The van der Waals surface area contributed by atoms with E-state index >= 15 is 0 Å². The molecule has 3 atom stereocenters. The molecule has 4 rings (SSSR count). The van der Waals surface area contributed by atoms with Crippen molar-refractivity contribution in [1.29, 1.82) is 0 Å². The minimum Gasteiger partial charge on any atom is -0.460 e. The number of nitrogens with two attached hydrogens (primary N) is 1. The van der Waals surface area contributed by atoms with Crippen LogP contribution in [-0.4, -0.2) is 77.8 Å². The van der Waals surface area contributed by atoms with Gasteiger partial charge in [-0.2, -0.15) is 13.2 Å². The minimum atomic E-state index is -3.89. The summed E-state index contributed by atoms with van der Waals surface area (Å²) in [7, 11) is 0. The van der Waals surface area contributed by atoms with E-state index in [1.165, 1.54) is 4.90 Å². The normalized spacial score (nSPS) is 19.0. The fourth-order valence-electron chi connectivity index (χ4n) is 5.38. The molecule has 266 valence electrons. The van der Waals surface area contributed by atoms with Crippen molar-refractivity contribution in [3.05, 3.63) is 35.9 Å². The first-order chi connectivity index (χ1) is 22.5. The van der Waals surface area contributed by atoms with Gasteiger partial charge in [0.15, 0.2) is 0 Å². The molecule has 0 aromatic heterocycles. The molecular formula is C33H46F3N5O7. The second-order valence-corrected chi connectivity index (χ2v) is 13.6. The molecule has 5 amide bonds. The van der Waals surface area contributed by atoms with Crippen LogP contribution in [0.4, 0.5) is 18.0 Å². The predicted molar refractivity (Wildman–Crippen MR) is 168 cm³/mol. The van der Waals surface area contributed by atoms with Crippen LogP contribution in [0.15, 0.2) is 30.3 Å². The molecule has 12 nitrogen and oxygen atoms in total. The zero-order valence-electron chi connectivity index (χ0n) is 27.6. The summed E-state index contributed by atoms with van der Waals surface area (Å²) in [5.74, 6) is -4.32. The second kappa shape index (κ2) is 16.8. The van der Waals surface area contributed by atoms with E-state index in [-0.39, 0.29) is 19.1 Å². The maximum absolute atomic E-state index is 13.7. The van der Waals surface area contributed by atoms with E-state index in [4.69, 9.17) is 10.5 Å². The number of hydrogen-bond donors (Lipinski definition) is 4. The molecule has 2 saturated carbocycles. The van der Waals surface area contributed by atoms with Crippen molar-refractivity contribution in [1.82, 2.24) is 20.9 Å². The number of likely N-dealkylation sites (tertiary alicyclic amines) is 1. The van der Waals surface area contributed by atoms with Gasteiger partial charge in [0.2, 0.25) is 17.6 Å². The van der Waals surface area contributed by atoms with Crippen molar-refractivity contribution in [2.75, 3.05) is 13.1 Å². The lowest BCUT2D eigenvalue weighted by atomic mass is 9.80. The molecule has 15 heteroatoms. The molecule has 1 aliphatic heterocycles. The van der Waals surface area contributed by atoms with Gasteiger partial charge in [-0.1, -0.05) is 70.4 Å². The summed E-state index contributed by atoms with van der Waals surface area (Å²) < 4.78 is 38.9. The number of Topliss-reactive ketones (excluding diaryl/α,β-unsaturated/α-hetero) is 1. The Bertz CT molecular complexity index is 1310. The molecular weight excluding hydrogens is 635 g/mol. The first-order valence-corrected chi connectivity index (χ1v) is 16.2. The lowest BCUT2D eigenvalue weighted by Crippen LogP contribution is -2.60. The van der Waals surface area contributed by atoms with Crippen molar-refractivity contribution in [2.45, 2.75) is 103 Å². The number of nitrogens with one attached hydrogen (secondary N) is 3. The van der Waals surface area contributed by atoms with E-state index in [1.807, 2.05) is 30.3 Å². The molecule has 0 spiro atoms. The van der Waals surface area contributed by atoms with E-state index in [1.54, 1.807) is 20.8 Å². The number of ether oxygens (including phenoxy) is 1. The number of urea groups is 1. The van der Waals surface area contributed by atoms with E-state index in [0.29, 0.717) is 32.1 Å². The average Bonchev–Trinajstić information content (AvgIpc) is 3.76. The molecule has 3 aliphatic rings. The second-order valence-electron chi connectivity index (χ2n) is 13.6. The number of primary amides is 1. The Morgan fingerprint density at radius 1 is 0.938 bits per heavy atom. The third kappa shape index (κ3) is 11.8. The topological polar surface area (TPSA) is 177 Å². The molecule has 1 heterocycles. The lowest BCUT2D eigenvalue weighted by molar-refractivity contribution is -0.147. The molecule has 2 aliphatic carbocycles. The fraction of sp³-hybridized carbons (Fsp3) is 0.636. The van der Waals surface area contributed by atoms with Crippen molar-refractivity contribution >= 4 is 35.5 Å². The Morgan fingerprint density at radius 3 is 2.08 bits per heavy atom. The number of benzene rings is 1. The first kappa shape index (κ1) is 38.3. The Morgan fingerprint density at radius 2 is 1.58 bits per heavy atom. The van der Waals surface area contributed by atoms with E-state index in [0.717, 1.165) is 24.8 Å². The van der Waals surface area contributed by atoms with Crippen LogP contribution in [0.3, 0.4) is 0 Å². The summed E-state index contributed by atoms with van der Waals surface area (Å²) in [5.41, 5.74) is 5.29. The van der Waals surface area contributed by atoms with Crippen LogP contribution >= 0.6 is 0 Å². The van der Waals surface area contributed by atoms with Gasteiger partial charge in [-0.15, -0.1) is 0 Å². The van der Waals surface area contributed by atoms with Crippen LogP contribution in [0.25, 0.3) is 0 Å². The maximum Gasteiger partial charge on any atom is 0.391 e. The number of hydrogen-bond acceptors (Lipinski definition) is 7. The van der Waals surface area contributed by atoms with Crippen molar-refractivity contribution < 1.29 is 46.7 Å². The first-order valence-electron chi connectivity index (χ1n) is 16.2.